The van der Waals surface area contributed by atoms with Gasteiger partial charge in [0.15, 0.2) is 11.5 Å². The molecule has 0 saturated carbocycles. The van der Waals surface area contributed by atoms with E-state index in [0.717, 1.165) is 20.6 Å². The summed E-state index contributed by atoms with van der Waals surface area (Å²) in [5, 5.41) is 4.44. The zero-order chi connectivity index (χ0) is 20.8. The quantitative estimate of drug-likeness (QED) is 0.371. The van der Waals surface area contributed by atoms with E-state index in [-0.39, 0.29) is 12.4 Å². The second-order valence-corrected chi connectivity index (χ2v) is 7.98. The van der Waals surface area contributed by atoms with Crippen LogP contribution in [0, 0.1) is 5.82 Å². The van der Waals surface area contributed by atoms with Crippen molar-refractivity contribution in [2.45, 2.75) is 19.7 Å². The minimum atomic E-state index is -0.382. The van der Waals surface area contributed by atoms with Crippen molar-refractivity contribution in [1.29, 1.82) is 0 Å². The van der Waals surface area contributed by atoms with Crippen LogP contribution in [0.1, 0.15) is 16.7 Å². The molecule has 29 heavy (non-hydrogen) atoms. The topological polar surface area (TPSA) is 30.5 Å². The Labute approximate surface area is 187 Å². The second kappa shape index (κ2) is 10.3. The van der Waals surface area contributed by atoms with Crippen molar-refractivity contribution >= 4 is 39.1 Å². The molecule has 0 amide bonds. The molecule has 0 saturated heterocycles. The molecule has 1 N–H and O–H groups in total. The highest BCUT2D eigenvalue weighted by Gasteiger charge is 2.12. The predicted molar refractivity (Wildman–Crippen MR) is 118 cm³/mol. The van der Waals surface area contributed by atoms with Crippen LogP contribution in [-0.2, 0) is 19.7 Å². The standard InChI is InChI=1S/C22H19BrCl2FNO2/c1-28-21-8-16(12-27-11-14-4-2-3-5-19(14)24)18(23)10-22(21)29-13-15-6-7-17(26)9-20(15)25/h2-10,27H,11-13H2,1H3. The number of rotatable bonds is 8. The molecule has 0 aliphatic rings. The number of hydrogen-bond acceptors (Lipinski definition) is 3. The molecule has 0 radical (unpaired) electrons. The highest BCUT2D eigenvalue weighted by atomic mass is 79.9. The van der Waals surface area contributed by atoms with Crippen molar-refractivity contribution in [3.63, 3.8) is 0 Å². The van der Waals surface area contributed by atoms with Crippen molar-refractivity contribution in [3.05, 3.63) is 91.6 Å². The summed E-state index contributed by atoms with van der Waals surface area (Å²) in [7, 11) is 1.59. The van der Waals surface area contributed by atoms with Gasteiger partial charge < -0.3 is 14.8 Å². The molecule has 3 rings (SSSR count). The molecule has 3 aromatic carbocycles. The minimum absolute atomic E-state index is 0.200. The summed E-state index contributed by atoms with van der Waals surface area (Å²) in [6.07, 6.45) is 0. The molecule has 0 bridgehead atoms. The lowest BCUT2D eigenvalue weighted by Crippen LogP contribution is -2.13. The Balaban J connectivity index is 1.67. The second-order valence-electron chi connectivity index (χ2n) is 6.31. The number of nitrogens with one attached hydrogen (secondary N) is 1. The van der Waals surface area contributed by atoms with Crippen LogP contribution in [0.25, 0.3) is 0 Å². The largest absolute Gasteiger partial charge is 0.493 e. The average molecular weight is 499 g/mol. The van der Waals surface area contributed by atoms with E-state index in [1.165, 1.54) is 12.1 Å². The summed E-state index contributed by atoms with van der Waals surface area (Å²) < 4.78 is 25.4. The molecular weight excluding hydrogens is 480 g/mol. The highest BCUT2D eigenvalue weighted by molar-refractivity contribution is 9.10. The van der Waals surface area contributed by atoms with E-state index in [9.17, 15) is 4.39 Å². The molecule has 0 spiro atoms. The van der Waals surface area contributed by atoms with Gasteiger partial charge in [-0.1, -0.05) is 63.4 Å². The van der Waals surface area contributed by atoms with Gasteiger partial charge in [-0.25, -0.2) is 4.39 Å². The Morgan fingerprint density at radius 2 is 1.66 bits per heavy atom. The van der Waals surface area contributed by atoms with Crippen LogP contribution in [0.3, 0.4) is 0 Å². The maximum Gasteiger partial charge on any atom is 0.162 e. The van der Waals surface area contributed by atoms with Crippen LogP contribution in [0.2, 0.25) is 10.0 Å². The Kier molecular flexibility index (Phi) is 7.78. The summed E-state index contributed by atoms with van der Waals surface area (Å²) in [6, 6.07) is 15.7. The molecule has 0 unspecified atom stereocenters. The van der Waals surface area contributed by atoms with E-state index in [1.807, 2.05) is 36.4 Å². The molecule has 0 aromatic heterocycles. The van der Waals surface area contributed by atoms with E-state index < -0.39 is 0 Å². The normalized spacial score (nSPS) is 10.8. The Hall–Kier alpha value is -1.79. The van der Waals surface area contributed by atoms with Gasteiger partial charge in [-0.05, 0) is 41.5 Å². The van der Waals surface area contributed by atoms with Crippen molar-refractivity contribution in [2.75, 3.05) is 7.11 Å². The van der Waals surface area contributed by atoms with Crippen LogP contribution in [0.4, 0.5) is 4.39 Å². The smallest absolute Gasteiger partial charge is 0.162 e. The first-order chi connectivity index (χ1) is 14.0. The van der Waals surface area contributed by atoms with E-state index in [1.54, 1.807) is 13.2 Å². The maximum absolute atomic E-state index is 13.2. The van der Waals surface area contributed by atoms with Gasteiger partial charge in [0.05, 0.1) is 12.1 Å². The van der Waals surface area contributed by atoms with E-state index in [0.29, 0.717) is 35.2 Å². The summed E-state index contributed by atoms with van der Waals surface area (Å²) in [4.78, 5) is 0. The van der Waals surface area contributed by atoms with E-state index in [2.05, 4.69) is 21.2 Å². The van der Waals surface area contributed by atoms with Gasteiger partial charge >= 0.3 is 0 Å². The summed E-state index contributed by atoms with van der Waals surface area (Å²) in [5.41, 5.74) is 2.74. The summed E-state index contributed by atoms with van der Waals surface area (Å²) in [5.74, 6) is 0.781. The van der Waals surface area contributed by atoms with E-state index >= 15 is 0 Å². The third-order valence-corrected chi connectivity index (χ3v) is 5.78. The van der Waals surface area contributed by atoms with Crippen LogP contribution in [0.15, 0.2) is 59.1 Å². The molecular formula is C22H19BrCl2FNO2. The van der Waals surface area contributed by atoms with Gasteiger partial charge in [-0.2, -0.15) is 0 Å². The van der Waals surface area contributed by atoms with Crippen LogP contribution in [-0.4, -0.2) is 7.11 Å². The lowest BCUT2D eigenvalue weighted by Gasteiger charge is -2.15. The fourth-order valence-corrected chi connectivity index (χ4v) is 3.64. The fraction of sp³-hybridized carbons (Fsp3) is 0.182. The average Bonchev–Trinajstić information content (AvgIpc) is 2.70. The molecule has 0 fully saturated rings. The molecule has 0 atom stereocenters. The van der Waals surface area contributed by atoms with Crippen LogP contribution in [0.5, 0.6) is 11.5 Å². The maximum atomic E-state index is 13.2. The van der Waals surface area contributed by atoms with Gasteiger partial charge in [-0.3, -0.25) is 0 Å². The molecule has 3 aromatic rings. The minimum Gasteiger partial charge on any atom is -0.493 e. The van der Waals surface area contributed by atoms with E-state index in [4.69, 9.17) is 32.7 Å². The van der Waals surface area contributed by atoms with Gasteiger partial charge in [0, 0.05) is 28.1 Å². The third kappa shape index (κ3) is 5.86. The van der Waals surface area contributed by atoms with Gasteiger partial charge in [0.25, 0.3) is 0 Å². The zero-order valence-electron chi connectivity index (χ0n) is 15.6. The number of halogens is 4. The Morgan fingerprint density at radius 1 is 0.897 bits per heavy atom. The molecule has 0 aliphatic heterocycles. The van der Waals surface area contributed by atoms with Gasteiger partial charge in [0.2, 0.25) is 0 Å². The summed E-state index contributed by atoms with van der Waals surface area (Å²) in [6.45, 7) is 1.47. The third-order valence-electron chi connectivity index (χ3n) is 4.32. The van der Waals surface area contributed by atoms with Crippen molar-refractivity contribution in [2.24, 2.45) is 0 Å². The first-order valence-corrected chi connectivity index (χ1v) is 10.4. The number of methoxy groups -OCH3 is 1. The van der Waals surface area contributed by atoms with Crippen molar-refractivity contribution in [1.82, 2.24) is 5.32 Å². The zero-order valence-corrected chi connectivity index (χ0v) is 18.7. The molecule has 0 heterocycles. The predicted octanol–water partition coefficient (Wildman–Crippen LogP) is 6.77. The molecule has 152 valence electrons. The van der Waals surface area contributed by atoms with Crippen LogP contribution < -0.4 is 14.8 Å². The SMILES string of the molecule is COc1cc(CNCc2ccccc2Cl)c(Br)cc1OCc1ccc(F)cc1Cl. The Morgan fingerprint density at radius 3 is 2.38 bits per heavy atom. The number of benzene rings is 3. The van der Waals surface area contributed by atoms with Crippen molar-refractivity contribution in [3.8, 4) is 11.5 Å². The molecule has 3 nitrogen and oxygen atoms in total. The lowest BCUT2D eigenvalue weighted by atomic mass is 10.1. The fourth-order valence-electron chi connectivity index (χ4n) is 2.75. The first-order valence-electron chi connectivity index (χ1n) is 8.85. The number of ether oxygens (including phenoxy) is 2. The number of hydrogen-bond donors (Lipinski definition) is 1. The van der Waals surface area contributed by atoms with Crippen LogP contribution >= 0.6 is 39.1 Å². The molecule has 7 heteroatoms. The van der Waals surface area contributed by atoms with Gasteiger partial charge in [0.1, 0.15) is 12.4 Å². The highest BCUT2D eigenvalue weighted by Crippen LogP contribution is 2.34. The van der Waals surface area contributed by atoms with Gasteiger partial charge in [-0.15, -0.1) is 0 Å². The Bertz CT molecular complexity index is 1000. The summed E-state index contributed by atoms with van der Waals surface area (Å²) >= 11 is 15.8. The van der Waals surface area contributed by atoms with Crippen molar-refractivity contribution < 1.29 is 13.9 Å². The molecule has 0 aliphatic carbocycles. The monoisotopic (exact) mass is 497 g/mol. The first kappa shape index (κ1) is 21.9. The lowest BCUT2D eigenvalue weighted by molar-refractivity contribution is 0.284.